The smallest absolute Gasteiger partial charge is 0.319 e. The molecule has 1 aromatic heterocycles. The van der Waals surface area contributed by atoms with E-state index in [0.717, 1.165) is 0 Å². The first-order valence-corrected chi connectivity index (χ1v) is 8.53. The van der Waals surface area contributed by atoms with Gasteiger partial charge in [0.1, 0.15) is 5.82 Å². The van der Waals surface area contributed by atoms with E-state index in [1.54, 1.807) is 0 Å². The molecule has 3 N–H and O–H groups in total. The summed E-state index contributed by atoms with van der Waals surface area (Å²) < 4.78 is 13.1. The van der Waals surface area contributed by atoms with Crippen molar-refractivity contribution in [2.24, 2.45) is 5.92 Å². The molecule has 25 heavy (non-hydrogen) atoms. The van der Waals surface area contributed by atoms with Gasteiger partial charge in [0.2, 0.25) is 0 Å². The van der Waals surface area contributed by atoms with Crippen LogP contribution in [0, 0.1) is 11.7 Å². The SMILES string of the molecule is CC(CNC(=O)Nc1ccc(F)c(Cl)c1)CNc1c(Cl)cncc1Cl. The van der Waals surface area contributed by atoms with Crippen molar-refractivity contribution < 1.29 is 9.18 Å². The number of hydrogen-bond donors (Lipinski definition) is 3. The molecule has 0 bridgehead atoms. The van der Waals surface area contributed by atoms with E-state index in [2.05, 4.69) is 20.9 Å². The van der Waals surface area contributed by atoms with Gasteiger partial charge >= 0.3 is 6.03 Å². The summed E-state index contributed by atoms with van der Waals surface area (Å²) in [5.41, 5.74) is 1.01. The number of carbonyl (C=O) groups is 1. The minimum absolute atomic E-state index is 0.0542. The molecule has 0 fully saturated rings. The van der Waals surface area contributed by atoms with Gasteiger partial charge in [-0.25, -0.2) is 9.18 Å². The molecular formula is C16H16Cl3FN4O. The standard InChI is InChI=1S/C16H16Cl3FN4O/c1-9(5-22-15-12(18)7-21-8-13(15)19)6-23-16(25)24-10-2-3-14(20)11(17)4-10/h2-4,7-9H,5-6H2,1H3,(H,21,22)(H2,23,24,25). The number of halogens is 4. The van der Waals surface area contributed by atoms with E-state index in [1.165, 1.54) is 30.6 Å². The highest BCUT2D eigenvalue weighted by Gasteiger charge is 2.10. The molecule has 134 valence electrons. The molecule has 1 aromatic carbocycles. The number of aromatic nitrogens is 1. The highest BCUT2D eigenvalue weighted by Crippen LogP contribution is 2.28. The minimum Gasteiger partial charge on any atom is -0.382 e. The van der Waals surface area contributed by atoms with E-state index in [4.69, 9.17) is 34.8 Å². The fourth-order valence-electron chi connectivity index (χ4n) is 1.94. The number of anilines is 2. The normalized spacial score (nSPS) is 11.7. The highest BCUT2D eigenvalue weighted by atomic mass is 35.5. The van der Waals surface area contributed by atoms with Crippen LogP contribution in [-0.2, 0) is 0 Å². The average Bonchev–Trinajstić information content (AvgIpc) is 2.56. The van der Waals surface area contributed by atoms with Crippen molar-refractivity contribution >= 4 is 52.2 Å². The van der Waals surface area contributed by atoms with E-state index in [9.17, 15) is 9.18 Å². The Kier molecular flexibility index (Phi) is 7.11. The first-order chi connectivity index (χ1) is 11.9. The van der Waals surface area contributed by atoms with E-state index in [1.807, 2.05) is 6.92 Å². The zero-order valence-electron chi connectivity index (χ0n) is 13.2. The van der Waals surface area contributed by atoms with Crippen molar-refractivity contribution in [3.63, 3.8) is 0 Å². The van der Waals surface area contributed by atoms with Gasteiger partial charge in [-0.1, -0.05) is 41.7 Å². The van der Waals surface area contributed by atoms with Crippen LogP contribution in [-0.4, -0.2) is 24.1 Å². The van der Waals surface area contributed by atoms with Crippen LogP contribution in [0.5, 0.6) is 0 Å². The van der Waals surface area contributed by atoms with Crippen molar-refractivity contribution in [1.82, 2.24) is 10.3 Å². The van der Waals surface area contributed by atoms with E-state index < -0.39 is 11.8 Å². The molecule has 0 radical (unpaired) electrons. The lowest BCUT2D eigenvalue weighted by atomic mass is 10.2. The average molecular weight is 406 g/mol. The largest absolute Gasteiger partial charge is 0.382 e. The molecule has 1 atom stereocenters. The van der Waals surface area contributed by atoms with Gasteiger partial charge in [0, 0.05) is 31.2 Å². The number of nitrogens with one attached hydrogen (secondary N) is 3. The summed E-state index contributed by atoms with van der Waals surface area (Å²) in [5.74, 6) is -0.441. The summed E-state index contributed by atoms with van der Waals surface area (Å²) in [4.78, 5) is 15.7. The topological polar surface area (TPSA) is 66.1 Å². The molecule has 0 aliphatic rings. The second kappa shape index (κ2) is 9.08. The van der Waals surface area contributed by atoms with Crippen LogP contribution in [0.15, 0.2) is 30.6 Å². The quantitative estimate of drug-likeness (QED) is 0.630. The predicted octanol–water partition coefficient (Wildman–Crippen LogP) is 5.05. The fraction of sp³-hybridized carbons (Fsp3) is 0.250. The van der Waals surface area contributed by atoms with Crippen LogP contribution in [0.2, 0.25) is 15.1 Å². The maximum Gasteiger partial charge on any atom is 0.319 e. The summed E-state index contributed by atoms with van der Waals surface area (Å²) in [7, 11) is 0. The van der Waals surface area contributed by atoms with Crippen molar-refractivity contribution in [1.29, 1.82) is 0 Å². The molecule has 9 heteroatoms. The summed E-state index contributed by atoms with van der Waals surface area (Å²) in [6, 6.07) is 3.55. The zero-order valence-corrected chi connectivity index (χ0v) is 15.5. The first-order valence-electron chi connectivity index (χ1n) is 7.39. The summed E-state index contributed by atoms with van der Waals surface area (Å²) in [6.45, 7) is 2.91. The van der Waals surface area contributed by atoms with Crippen molar-refractivity contribution in [2.75, 3.05) is 23.7 Å². The molecule has 5 nitrogen and oxygen atoms in total. The van der Waals surface area contributed by atoms with Crippen LogP contribution >= 0.6 is 34.8 Å². The summed E-state index contributed by atoms with van der Waals surface area (Å²) in [6.07, 6.45) is 3.00. The molecule has 0 spiro atoms. The van der Waals surface area contributed by atoms with Crippen LogP contribution in [0.1, 0.15) is 6.92 Å². The van der Waals surface area contributed by atoms with Crippen LogP contribution in [0.4, 0.5) is 20.6 Å². The maximum absolute atomic E-state index is 13.1. The molecule has 0 aliphatic heterocycles. The Morgan fingerprint density at radius 2 is 1.84 bits per heavy atom. The van der Waals surface area contributed by atoms with Crippen molar-refractivity contribution in [2.45, 2.75) is 6.92 Å². The van der Waals surface area contributed by atoms with Crippen molar-refractivity contribution in [3.05, 3.63) is 51.5 Å². The Morgan fingerprint density at radius 1 is 1.16 bits per heavy atom. The number of rotatable bonds is 6. The molecule has 0 saturated heterocycles. The van der Waals surface area contributed by atoms with E-state index in [-0.39, 0.29) is 10.9 Å². The van der Waals surface area contributed by atoms with Gasteiger partial charge in [0.15, 0.2) is 0 Å². The number of urea groups is 1. The predicted molar refractivity (Wildman–Crippen MR) is 100 cm³/mol. The lowest BCUT2D eigenvalue weighted by Gasteiger charge is -2.16. The van der Waals surface area contributed by atoms with Crippen LogP contribution in [0.3, 0.4) is 0 Å². The van der Waals surface area contributed by atoms with Gasteiger partial charge in [-0.05, 0) is 24.1 Å². The third-order valence-electron chi connectivity index (χ3n) is 3.27. The minimum atomic E-state index is -0.541. The zero-order chi connectivity index (χ0) is 18.4. The van der Waals surface area contributed by atoms with Gasteiger partial charge in [-0.15, -0.1) is 0 Å². The molecule has 1 heterocycles. The molecular weight excluding hydrogens is 390 g/mol. The Morgan fingerprint density at radius 3 is 2.48 bits per heavy atom. The Bertz CT molecular complexity index is 740. The number of nitrogens with zero attached hydrogens (tertiary/aromatic N) is 1. The van der Waals surface area contributed by atoms with Gasteiger partial charge < -0.3 is 16.0 Å². The van der Waals surface area contributed by atoms with Gasteiger partial charge in [-0.2, -0.15) is 0 Å². The third kappa shape index (κ3) is 5.92. The highest BCUT2D eigenvalue weighted by molar-refractivity contribution is 6.38. The second-order valence-electron chi connectivity index (χ2n) is 5.43. The Balaban J connectivity index is 1.78. The summed E-state index contributed by atoms with van der Waals surface area (Å²) >= 11 is 17.7. The van der Waals surface area contributed by atoms with Crippen LogP contribution in [0.25, 0.3) is 0 Å². The van der Waals surface area contributed by atoms with Gasteiger partial charge in [-0.3, -0.25) is 4.98 Å². The first kappa shape index (κ1) is 19.6. The number of pyridine rings is 1. The van der Waals surface area contributed by atoms with Gasteiger partial charge in [0.05, 0.1) is 20.8 Å². The van der Waals surface area contributed by atoms with Gasteiger partial charge in [0.25, 0.3) is 0 Å². The van der Waals surface area contributed by atoms with E-state index >= 15 is 0 Å². The second-order valence-corrected chi connectivity index (χ2v) is 6.65. The lowest BCUT2D eigenvalue weighted by molar-refractivity contribution is 0.250. The third-order valence-corrected chi connectivity index (χ3v) is 4.13. The fourth-order valence-corrected chi connectivity index (χ4v) is 2.62. The Labute approximate surface area is 159 Å². The van der Waals surface area contributed by atoms with E-state index in [0.29, 0.717) is 34.5 Å². The van der Waals surface area contributed by atoms with Crippen molar-refractivity contribution in [3.8, 4) is 0 Å². The Hall–Kier alpha value is -1.76. The molecule has 2 rings (SSSR count). The molecule has 0 aliphatic carbocycles. The molecule has 1 unspecified atom stereocenters. The summed E-state index contributed by atoms with van der Waals surface area (Å²) in [5, 5.41) is 9.25. The molecule has 0 saturated carbocycles. The number of amides is 2. The lowest BCUT2D eigenvalue weighted by Crippen LogP contribution is -2.34. The number of carbonyl (C=O) groups excluding carboxylic acids is 1. The molecule has 2 aromatic rings. The van der Waals surface area contributed by atoms with Crippen LogP contribution < -0.4 is 16.0 Å². The monoisotopic (exact) mass is 404 g/mol. The molecule has 2 amide bonds. The number of benzene rings is 1. The maximum atomic E-state index is 13.1. The number of hydrogen-bond acceptors (Lipinski definition) is 3.